The molecule has 0 saturated heterocycles. The average molecular weight is 491 g/mol. The molecule has 0 aliphatic carbocycles. The lowest BCUT2D eigenvalue weighted by atomic mass is 10.2. The second kappa shape index (κ2) is 11.6. The van der Waals surface area contributed by atoms with Gasteiger partial charge in [0.05, 0.1) is 18.5 Å². The summed E-state index contributed by atoms with van der Waals surface area (Å²) >= 11 is 13.0. The van der Waals surface area contributed by atoms with E-state index in [-0.39, 0.29) is 17.4 Å². The molecule has 11 heteroatoms. The molecule has 0 unspecified atom stereocenters. The summed E-state index contributed by atoms with van der Waals surface area (Å²) in [6.07, 6.45) is 3.06. The molecule has 3 aromatic rings. The number of nitrogens with one attached hydrogen (secondary N) is 2. The zero-order chi connectivity index (χ0) is 22.9. The summed E-state index contributed by atoms with van der Waals surface area (Å²) in [6.45, 7) is 4.72. The molecule has 0 bridgehead atoms. The molecule has 0 saturated carbocycles. The number of hydrogen-bond donors (Lipinski definition) is 3. The van der Waals surface area contributed by atoms with Gasteiger partial charge in [-0.05, 0) is 42.5 Å². The summed E-state index contributed by atoms with van der Waals surface area (Å²) in [4.78, 5) is 12.1. The van der Waals surface area contributed by atoms with Crippen molar-refractivity contribution in [3.63, 3.8) is 0 Å². The Hall–Kier alpha value is -3.01. The Kier molecular flexibility index (Phi) is 8.55. The molecular weight excluding hydrogens is 471 g/mol. The van der Waals surface area contributed by atoms with E-state index in [2.05, 4.69) is 32.6 Å². The maximum Gasteiger partial charge on any atom is 0.250 e. The number of halogens is 2. The summed E-state index contributed by atoms with van der Waals surface area (Å²) in [6, 6.07) is 11.9. The van der Waals surface area contributed by atoms with Gasteiger partial charge in [0, 0.05) is 27.8 Å². The number of thioether (sulfide) groups is 1. The lowest BCUT2D eigenvalue weighted by Crippen LogP contribution is -2.20. The van der Waals surface area contributed by atoms with Crippen LogP contribution in [0.4, 0.5) is 5.69 Å². The second-order valence-electron chi connectivity index (χ2n) is 6.44. The number of rotatable bonds is 10. The van der Waals surface area contributed by atoms with Crippen molar-refractivity contribution in [3.05, 3.63) is 76.6 Å². The molecule has 8 nitrogen and oxygen atoms in total. The van der Waals surface area contributed by atoms with E-state index in [9.17, 15) is 9.90 Å². The highest BCUT2D eigenvalue weighted by Gasteiger charge is 2.13. The number of aromatic hydroxyl groups is 1. The maximum absolute atomic E-state index is 12.1. The number of carbonyl (C=O) groups is 1. The summed E-state index contributed by atoms with van der Waals surface area (Å²) in [7, 11) is 0. The first-order valence-corrected chi connectivity index (χ1v) is 11.2. The topological polar surface area (TPSA) is 104 Å². The van der Waals surface area contributed by atoms with Gasteiger partial charge < -0.3 is 15.0 Å². The molecule has 0 aliphatic heterocycles. The van der Waals surface area contributed by atoms with Gasteiger partial charge in [-0.15, -0.1) is 16.8 Å². The highest BCUT2D eigenvalue weighted by atomic mass is 35.5. The van der Waals surface area contributed by atoms with Crippen molar-refractivity contribution in [1.29, 1.82) is 0 Å². The SMILES string of the molecule is C=CCn1c(CNc2ccc(Cl)cc2)nnc1SCC(=O)NN=Cc1cc(Cl)ccc1O. The van der Waals surface area contributed by atoms with E-state index in [0.717, 1.165) is 5.69 Å². The fourth-order valence-electron chi connectivity index (χ4n) is 2.58. The minimum atomic E-state index is -0.332. The second-order valence-corrected chi connectivity index (χ2v) is 8.26. The van der Waals surface area contributed by atoms with Crippen molar-refractivity contribution >= 4 is 52.8 Å². The third kappa shape index (κ3) is 6.74. The molecule has 1 aromatic heterocycles. The van der Waals surface area contributed by atoms with E-state index < -0.39 is 0 Å². The minimum absolute atomic E-state index is 0.0130. The molecule has 2 aromatic carbocycles. The Morgan fingerprint density at radius 3 is 2.69 bits per heavy atom. The summed E-state index contributed by atoms with van der Waals surface area (Å²) in [5.74, 6) is 0.469. The zero-order valence-electron chi connectivity index (χ0n) is 16.8. The number of phenols is 1. The van der Waals surface area contributed by atoms with E-state index in [4.69, 9.17) is 23.2 Å². The lowest BCUT2D eigenvalue weighted by Gasteiger charge is -2.09. The molecule has 0 aliphatic rings. The van der Waals surface area contributed by atoms with Crippen LogP contribution in [0.25, 0.3) is 0 Å². The predicted molar refractivity (Wildman–Crippen MR) is 129 cm³/mol. The van der Waals surface area contributed by atoms with E-state index in [1.165, 1.54) is 24.0 Å². The maximum atomic E-state index is 12.1. The van der Waals surface area contributed by atoms with Crippen molar-refractivity contribution in [2.45, 2.75) is 18.2 Å². The number of carbonyl (C=O) groups excluding carboxylic acids is 1. The van der Waals surface area contributed by atoms with Crippen molar-refractivity contribution in [2.24, 2.45) is 5.10 Å². The molecule has 0 spiro atoms. The molecule has 0 radical (unpaired) electrons. The first kappa shape index (κ1) is 23.6. The van der Waals surface area contributed by atoms with Gasteiger partial charge >= 0.3 is 0 Å². The number of anilines is 1. The van der Waals surface area contributed by atoms with E-state index in [1.807, 2.05) is 16.7 Å². The quantitative estimate of drug-likeness (QED) is 0.169. The van der Waals surface area contributed by atoms with Crippen LogP contribution in [0.2, 0.25) is 10.0 Å². The normalized spacial score (nSPS) is 10.9. The van der Waals surface area contributed by atoms with Gasteiger partial charge in [-0.25, -0.2) is 5.43 Å². The van der Waals surface area contributed by atoms with Crippen molar-refractivity contribution in [3.8, 4) is 5.75 Å². The number of hydrogen-bond acceptors (Lipinski definition) is 7. The van der Waals surface area contributed by atoms with E-state index in [1.54, 1.807) is 30.3 Å². The zero-order valence-corrected chi connectivity index (χ0v) is 19.2. The van der Waals surface area contributed by atoms with Crippen LogP contribution in [0, 0.1) is 0 Å². The standard InChI is InChI=1S/C21H20Cl2N6O2S/c1-2-9-29-19(12-24-17-6-3-15(22)4-7-17)26-28-21(29)32-13-20(31)27-25-11-14-10-16(23)5-8-18(14)30/h2-8,10-11,24,30H,1,9,12-13H2,(H,27,31). The highest BCUT2D eigenvalue weighted by Crippen LogP contribution is 2.20. The Morgan fingerprint density at radius 2 is 1.94 bits per heavy atom. The van der Waals surface area contributed by atoms with Gasteiger partial charge in [-0.1, -0.05) is 41.0 Å². The van der Waals surface area contributed by atoms with Crippen LogP contribution < -0.4 is 10.7 Å². The molecule has 3 rings (SSSR count). The largest absolute Gasteiger partial charge is 0.507 e. The minimum Gasteiger partial charge on any atom is -0.507 e. The first-order valence-electron chi connectivity index (χ1n) is 9.42. The number of allylic oxidation sites excluding steroid dienone is 1. The predicted octanol–water partition coefficient (Wildman–Crippen LogP) is 4.33. The molecule has 32 heavy (non-hydrogen) atoms. The van der Waals surface area contributed by atoms with Crippen LogP contribution in [-0.4, -0.2) is 37.7 Å². The van der Waals surface area contributed by atoms with Gasteiger partial charge in [-0.3, -0.25) is 4.79 Å². The molecule has 0 fully saturated rings. The number of benzene rings is 2. The van der Waals surface area contributed by atoms with Crippen LogP contribution >= 0.6 is 35.0 Å². The molecule has 1 heterocycles. The Bertz CT molecular complexity index is 1120. The Morgan fingerprint density at radius 1 is 1.19 bits per heavy atom. The van der Waals surface area contributed by atoms with Crippen molar-refractivity contribution in [1.82, 2.24) is 20.2 Å². The van der Waals surface area contributed by atoms with E-state index in [0.29, 0.717) is 39.7 Å². The smallest absolute Gasteiger partial charge is 0.250 e. The number of aromatic nitrogens is 3. The number of hydrazone groups is 1. The molecule has 3 N–H and O–H groups in total. The fraction of sp³-hybridized carbons (Fsp3) is 0.143. The van der Waals surface area contributed by atoms with Crippen LogP contribution in [-0.2, 0) is 17.9 Å². The van der Waals surface area contributed by atoms with Gasteiger partial charge in [-0.2, -0.15) is 5.10 Å². The van der Waals surface area contributed by atoms with Gasteiger partial charge in [0.1, 0.15) is 5.75 Å². The number of nitrogens with zero attached hydrogens (tertiary/aromatic N) is 4. The average Bonchev–Trinajstić information content (AvgIpc) is 3.16. The summed E-state index contributed by atoms with van der Waals surface area (Å²) in [5.41, 5.74) is 3.71. The van der Waals surface area contributed by atoms with Gasteiger partial charge in [0.15, 0.2) is 11.0 Å². The van der Waals surface area contributed by atoms with Crippen molar-refractivity contribution < 1.29 is 9.90 Å². The Labute approximate surface area is 199 Å². The number of amides is 1. The third-order valence-corrected chi connectivity index (χ3v) is 5.57. The monoisotopic (exact) mass is 490 g/mol. The molecule has 0 atom stereocenters. The summed E-state index contributed by atoms with van der Waals surface area (Å²) in [5, 5.41) is 27.0. The van der Waals surface area contributed by atoms with Gasteiger partial charge in [0.2, 0.25) is 0 Å². The van der Waals surface area contributed by atoms with Crippen LogP contribution in [0.1, 0.15) is 11.4 Å². The molecule has 166 valence electrons. The van der Waals surface area contributed by atoms with E-state index >= 15 is 0 Å². The van der Waals surface area contributed by atoms with Gasteiger partial charge in [0.25, 0.3) is 5.91 Å². The third-order valence-electron chi connectivity index (χ3n) is 4.11. The van der Waals surface area contributed by atoms with Crippen LogP contribution in [0.5, 0.6) is 5.75 Å². The number of phenolic OH excluding ortho intramolecular Hbond substituents is 1. The molecular formula is C21H20Cl2N6O2S. The fourth-order valence-corrected chi connectivity index (χ4v) is 3.65. The first-order chi connectivity index (χ1) is 15.5. The van der Waals surface area contributed by atoms with Crippen LogP contribution in [0.15, 0.2) is 65.4 Å². The lowest BCUT2D eigenvalue weighted by molar-refractivity contribution is -0.118. The Balaban J connectivity index is 1.56. The molecule has 1 amide bonds. The highest BCUT2D eigenvalue weighted by molar-refractivity contribution is 7.99. The van der Waals surface area contributed by atoms with Crippen LogP contribution in [0.3, 0.4) is 0 Å². The van der Waals surface area contributed by atoms with Crippen molar-refractivity contribution in [2.75, 3.05) is 11.1 Å². The summed E-state index contributed by atoms with van der Waals surface area (Å²) < 4.78 is 1.88.